The summed E-state index contributed by atoms with van der Waals surface area (Å²) < 4.78 is 5.34. The minimum atomic E-state index is -0.229. The third kappa shape index (κ3) is 6.09. The summed E-state index contributed by atoms with van der Waals surface area (Å²) in [6, 6.07) is 81.7. The topological polar surface area (TPSA) is 6.48 Å². The summed E-state index contributed by atoms with van der Waals surface area (Å²) in [5.41, 5.74) is 19.5. The molecule has 0 saturated carbocycles. The van der Waals surface area contributed by atoms with Crippen molar-refractivity contribution in [1.29, 1.82) is 0 Å². The van der Waals surface area contributed by atoms with E-state index < -0.39 is 0 Å². The Morgan fingerprint density at radius 3 is 1.10 bits per heavy atom. The van der Waals surface area contributed by atoms with Crippen molar-refractivity contribution < 1.29 is 0 Å². The maximum absolute atomic E-state index is 2.47. The normalized spacial score (nSPS) is 14.5. The van der Waals surface area contributed by atoms with Gasteiger partial charge in [-0.3, -0.25) is 0 Å². The molecule has 4 heteroatoms. The van der Waals surface area contributed by atoms with Crippen LogP contribution in [0.2, 0.25) is 0 Å². The first-order chi connectivity index (χ1) is 34.2. The second-order valence-electron chi connectivity index (χ2n) is 20.1. The highest BCUT2D eigenvalue weighted by Crippen LogP contribution is 2.56. The molecule has 4 heterocycles. The maximum Gasteiger partial charge on any atom is 0.0503 e. The molecule has 0 radical (unpaired) electrons. The van der Waals surface area contributed by atoms with Crippen molar-refractivity contribution in [3.63, 3.8) is 0 Å². The van der Waals surface area contributed by atoms with Crippen LogP contribution in [0.15, 0.2) is 218 Å². The van der Waals surface area contributed by atoms with Crippen molar-refractivity contribution in [3.8, 4) is 33.4 Å². The van der Waals surface area contributed by atoms with Crippen molar-refractivity contribution >= 4 is 97.1 Å². The number of nitrogens with zero attached hydrogens (tertiary/aromatic N) is 2. The molecule has 0 unspecified atom stereocenters. The smallest absolute Gasteiger partial charge is 0.0503 e. The number of hydrogen-bond donors (Lipinski definition) is 0. The molecule has 14 rings (SSSR count). The zero-order valence-corrected chi connectivity index (χ0v) is 41.1. The predicted molar refractivity (Wildman–Crippen MR) is 302 cm³/mol. The number of fused-ring (bicyclic) bond motifs is 10. The lowest BCUT2D eigenvalue weighted by molar-refractivity contribution is 0.631. The van der Waals surface area contributed by atoms with E-state index in [1.165, 1.54) is 119 Å². The second kappa shape index (κ2) is 15.4. The van der Waals surface area contributed by atoms with Crippen molar-refractivity contribution in [2.24, 2.45) is 0 Å². The minimum absolute atomic E-state index is 0.229. The van der Waals surface area contributed by atoms with Crippen LogP contribution in [-0.2, 0) is 10.8 Å². The van der Waals surface area contributed by atoms with E-state index in [1.54, 1.807) is 0 Å². The molecule has 0 saturated heterocycles. The van der Waals surface area contributed by atoms with Gasteiger partial charge in [-0.15, -0.1) is 22.7 Å². The summed E-state index contributed by atoms with van der Waals surface area (Å²) in [6.07, 6.45) is 0. The number of thiophene rings is 2. The van der Waals surface area contributed by atoms with Gasteiger partial charge in [0.15, 0.2) is 0 Å². The lowest BCUT2D eigenvalue weighted by Crippen LogP contribution is -2.31. The molecule has 334 valence electrons. The summed E-state index contributed by atoms with van der Waals surface area (Å²) in [7, 11) is 0. The summed E-state index contributed by atoms with van der Waals surface area (Å²) in [5.74, 6) is 0. The Balaban J connectivity index is 0.844. The minimum Gasteiger partial charge on any atom is -0.310 e. The lowest BCUT2D eigenvalue weighted by Gasteiger charge is -2.43. The predicted octanol–water partition coefficient (Wildman–Crippen LogP) is 19.6. The standard InChI is InChI=1S/C66H48N2S2/c1-65(2)53-21-7-9-23-57(53)67(45-33-27-41(28-34-45)47-17-13-19-51-49-15-5-11-25-61(49)69-63(47)51)59-37-31-43(39-55(59)65)44-32-38-60-56(40-44)66(3,4)54-22-8-10-24-58(54)68(60)46-35-29-42(30-36-46)48-18-14-20-52-50-16-6-12-26-62(50)70-64(48)52/h5-40H,1-4H3. The SMILES string of the molecule is CC1(C)c2ccccc2N(c2ccc(-c3cccc4c3sc3ccccc34)cc2)c2ccc(-c3ccc4c(c3)C(C)(C)c3ccccc3N4c3ccc(-c4cccc5c4sc4ccccc45)cc3)cc21. The average Bonchev–Trinajstić information content (AvgIpc) is 3.98. The molecule has 0 spiro atoms. The monoisotopic (exact) mass is 932 g/mol. The largest absolute Gasteiger partial charge is 0.310 e. The Kier molecular flexibility index (Phi) is 9.05. The van der Waals surface area contributed by atoms with E-state index in [-0.39, 0.29) is 10.8 Å². The van der Waals surface area contributed by atoms with Gasteiger partial charge in [-0.05, 0) is 128 Å². The van der Waals surface area contributed by atoms with Crippen LogP contribution in [0, 0.1) is 0 Å². The zero-order valence-electron chi connectivity index (χ0n) is 39.5. The van der Waals surface area contributed by atoms with Gasteiger partial charge in [0.25, 0.3) is 0 Å². The van der Waals surface area contributed by atoms with E-state index in [0.717, 1.165) is 11.4 Å². The fourth-order valence-electron chi connectivity index (χ4n) is 11.9. The quantitative estimate of drug-likeness (QED) is 0.170. The first-order valence-electron chi connectivity index (χ1n) is 24.3. The number of anilines is 6. The van der Waals surface area contributed by atoms with Crippen LogP contribution >= 0.6 is 22.7 Å². The molecular formula is C66H48N2S2. The molecule has 0 aliphatic carbocycles. The molecule has 10 aromatic carbocycles. The highest BCUT2D eigenvalue weighted by atomic mass is 32.1. The van der Waals surface area contributed by atoms with Crippen LogP contribution in [0.1, 0.15) is 49.9 Å². The molecule has 0 N–H and O–H groups in total. The van der Waals surface area contributed by atoms with Gasteiger partial charge in [0.1, 0.15) is 0 Å². The molecule has 70 heavy (non-hydrogen) atoms. The van der Waals surface area contributed by atoms with Crippen molar-refractivity contribution in [1.82, 2.24) is 0 Å². The Morgan fingerprint density at radius 2 is 0.657 bits per heavy atom. The van der Waals surface area contributed by atoms with Gasteiger partial charge in [-0.2, -0.15) is 0 Å². The Labute approximate surface area is 417 Å². The molecule has 2 aromatic heterocycles. The third-order valence-corrected chi connectivity index (χ3v) is 17.9. The van der Waals surface area contributed by atoms with Crippen LogP contribution in [0.5, 0.6) is 0 Å². The maximum atomic E-state index is 2.47. The van der Waals surface area contributed by atoms with Crippen molar-refractivity contribution in [2.45, 2.75) is 38.5 Å². The van der Waals surface area contributed by atoms with Gasteiger partial charge >= 0.3 is 0 Å². The van der Waals surface area contributed by atoms with Crippen LogP contribution in [0.3, 0.4) is 0 Å². The molecule has 0 bridgehead atoms. The number of rotatable bonds is 5. The molecule has 0 atom stereocenters. The van der Waals surface area contributed by atoms with Gasteiger partial charge in [0, 0.05) is 62.5 Å². The van der Waals surface area contributed by atoms with E-state index in [0.29, 0.717) is 0 Å². The molecule has 2 aliphatic rings. The van der Waals surface area contributed by atoms with Gasteiger partial charge in [0.2, 0.25) is 0 Å². The van der Waals surface area contributed by atoms with E-state index in [2.05, 4.69) is 256 Å². The summed E-state index contributed by atoms with van der Waals surface area (Å²) in [4.78, 5) is 4.95. The first-order valence-corrected chi connectivity index (χ1v) is 26.0. The molecule has 2 aliphatic heterocycles. The highest BCUT2D eigenvalue weighted by molar-refractivity contribution is 7.26. The van der Waals surface area contributed by atoms with Gasteiger partial charge in [0.05, 0.1) is 22.7 Å². The zero-order chi connectivity index (χ0) is 46.9. The molecular weight excluding hydrogens is 885 g/mol. The molecule has 0 fully saturated rings. The van der Waals surface area contributed by atoms with Crippen molar-refractivity contribution in [2.75, 3.05) is 9.80 Å². The van der Waals surface area contributed by atoms with Gasteiger partial charge in [-0.25, -0.2) is 0 Å². The Hall–Kier alpha value is -7.76. The van der Waals surface area contributed by atoms with Crippen LogP contribution in [0.4, 0.5) is 34.1 Å². The fourth-order valence-corrected chi connectivity index (χ4v) is 14.3. The summed E-state index contributed by atoms with van der Waals surface area (Å²) >= 11 is 3.77. The van der Waals surface area contributed by atoms with Gasteiger partial charge in [-0.1, -0.05) is 173 Å². The van der Waals surface area contributed by atoms with E-state index in [4.69, 9.17) is 0 Å². The third-order valence-electron chi connectivity index (χ3n) is 15.5. The highest BCUT2D eigenvalue weighted by Gasteiger charge is 2.39. The Morgan fingerprint density at radius 1 is 0.300 bits per heavy atom. The van der Waals surface area contributed by atoms with E-state index in [1.807, 2.05) is 22.7 Å². The van der Waals surface area contributed by atoms with Crippen LogP contribution in [-0.4, -0.2) is 0 Å². The number of para-hydroxylation sites is 2. The fraction of sp³-hybridized carbons (Fsp3) is 0.0909. The van der Waals surface area contributed by atoms with E-state index >= 15 is 0 Å². The Bertz CT molecular complexity index is 3810. The number of hydrogen-bond acceptors (Lipinski definition) is 4. The molecule has 2 nitrogen and oxygen atoms in total. The lowest BCUT2D eigenvalue weighted by atomic mass is 9.71. The van der Waals surface area contributed by atoms with Gasteiger partial charge < -0.3 is 9.80 Å². The number of benzene rings is 10. The summed E-state index contributed by atoms with van der Waals surface area (Å²) in [5, 5.41) is 5.31. The van der Waals surface area contributed by atoms with Crippen LogP contribution < -0.4 is 9.80 Å². The van der Waals surface area contributed by atoms with E-state index in [9.17, 15) is 0 Å². The average molecular weight is 933 g/mol. The van der Waals surface area contributed by atoms with Crippen LogP contribution in [0.25, 0.3) is 73.7 Å². The molecule has 12 aromatic rings. The second-order valence-corrected chi connectivity index (χ2v) is 22.2. The molecule has 0 amide bonds. The first kappa shape index (κ1) is 41.2. The summed E-state index contributed by atoms with van der Waals surface area (Å²) in [6.45, 7) is 9.55. The van der Waals surface area contributed by atoms with Crippen molar-refractivity contribution in [3.05, 3.63) is 241 Å².